The summed E-state index contributed by atoms with van der Waals surface area (Å²) < 4.78 is 0. The fourth-order valence-electron chi connectivity index (χ4n) is 2.49. The van der Waals surface area contributed by atoms with Gasteiger partial charge in [-0.3, -0.25) is 9.98 Å². The van der Waals surface area contributed by atoms with E-state index in [0.717, 1.165) is 31.2 Å². The molecular formula is C20H29IN4. The van der Waals surface area contributed by atoms with Crippen LogP contribution in [-0.4, -0.2) is 31.1 Å². The maximum atomic E-state index is 4.33. The SMILES string of the molecule is CN=C(NCCc1ccccn1)NCC(C)(C)c1ccc(C)cc1.I. The first-order chi connectivity index (χ1) is 11.5. The average molecular weight is 452 g/mol. The molecule has 1 aromatic heterocycles. The second-order valence-electron chi connectivity index (χ2n) is 6.67. The van der Waals surface area contributed by atoms with Crippen molar-refractivity contribution in [3.8, 4) is 0 Å². The fraction of sp³-hybridized carbons (Fsp3) is 0.400. The molecule has 0 atom stereocenters. The number of hydrogen-bond donors (Lipinski definition) is 2. The Bertz CT molecular complexity index is 651. The molecular weight excluding hydrogens is 423 g/mol. The number of aryl methyl sites for hydroxylation is 1. The van der Waals surface area contributed by atoms with E-state index < -0.39 is 0 Å². The summed E-state index contributed by atoms with van der Waals surface area (Å²) in [6.07, 6.45) is 2.70. The van der Waals surface area contributed by atoms with Crippen LogP contribution in [0.3, 0.4) is 0 Å². The van der Waals surface area contributed by atoms with Gasteiger partial charge in [-0.2, -0.15) is 0 Å². The standard InChI is InChI=1S/C20H28N4.HI/c1-16-8-10-17(11-9-16)20(2,3)15-24-19(21-4)23-14-12-18-7-5-6-13-22-18;/h5-11,13H,12,14-15H2,1-4H3,(H2,21,23,24);1H. The minimum absolute atomic E-state index is 0. The van der Waals surface area contributed by atoms with Crippen molar-refractivity contribution in [1.82, 2.24) is 15.6 Å². The third-order valence-corrected chi connectivity index (χ3v) is 4.15. The third-order valence-electron chi connectivity index (χ3n) is 4.15. The summed E-state index contributed by atoms with van der Waals surface area (Å²) in [5.41, 5.74) is 3.73. The van der Waals surface area contributed by atoms with E-state index >= 15 is 0 Å². The highest BCUT2D eigenvalue weighted by atomic mass is 127. The van der Waals surface area contributed by atoms with Gasteiger partial charge in [-0.05, 0) is 24.6 Å². The molecule has 0 bridgehead atoms. The molecule has 25 heavy (non-hydrogen) atoms. The van der Waals surface area contributed by atoms with Crippen LogP contribution in [0, 0.1) is 6.92 Å². The van der Waals surface area contributed by atoms with Crippen LogP contribution in [-0.2, 0) is 11.8 Å². The summed E-state index contributed by atoms with van der Waals surface area (Å²) in [5.74, 6) is 0.825. The van der Waals surface area contributed by atoms with Gasteiger partial charge >= 0.3 is 0 Å². The molecule has 0 aliphatic carbocycles. The maximum Gasteiger partial charge on any atom is 0.191 e. The van der Waals surface area contributed by atoms with Gasteiger partial charge in [0.1, 0.15) is 0 Å². The van der Waals surface area contributed by atoms with Crippen molar-refractivity contribution in [3.63, 3.8) is 0 Å². The summed E-state index contributed by atoms with van der Waals surface area (Å²) >= 11 is 0. The summed E-state index contributed by atoms with van der Waals surface area (Å²) in [7, 11) is 1.80. The van der Waals surface area contributed by atoms with Crippen molar-refractivity contribution >= 4 is 29.9 Å². The van der Waals surface area contributed by atoms with Gasteiger partial charge in [0.25, 0.3) is 0 Å². The van der Waals surface area contributed by atoms with Gasteiger partial charge in [-0.25, -0.2) is 0 Å². The molecule has 0 unspecified atom stereocenters. The zero-order valence-corrected chi connectivity index (χ0v) is 17.9. The molecule has 5 heteroatoms. The molecule has 1 heterocycles. The van der Waals surface area contributed by atoms with Crippen LogP contribution < -0.4 is 10.6 Å². The summed E-state index contributed by atoms with van der Waals surface area (Å²) in [6.45, 7) is 8.22. The van der Waals surface area contributed by atoms with Gasteiger partial charge in [0.15, 0.2) is 5.96 Å². The Morgan fingerprint density at radius 3 is 2.40 bits per heavy atom. The molecule has 0 amide bonds. The number of nitrogens with one attached hydrogen (secondary N) is 2. The largest absolute Gasteiger partial charge is 0.356 e. The number of nitrogens with zero attached hydrogens (tertiary/aromatic N) is 2. The molecule has 1 aromatic carbocycles. The molecule has 4 nitrogen and oxygen atoms in total. The smallest absolute Gasteiger partial charge is 0.191 e. The lowest BCUT2D eigenvalue weighted by Gasteiger charge is -2.27. The van der Waals surface area contributed by atoms with E-state index in [4.69, 9.17) is 0 Å². The van der Waals surface area contributed by atoms with Crippen molar-refractivity contribution in [2.75, 3.05) is 20.1 Å². The molecule has 0 aliphatic rings. The number of hydrogen-bond acceptors (Lipinski definition) is 2. The van der Waals surface area contributed by atoms with Crippen LogP contribution in [0.15, 0.2) is 53.7 Å². The first-order valence-electron chi connectivity index (χ1n) is 8.43. The normalized spacial score (nSPS) is 11.6. The van der Waals surface area contributed by atoms with Crippen molar-refractivity contribution in [2.24, 2.45) is 4.99 Å². The van der Waals surface area contributed by atoms with Gasteiger partial charge in [-0.1, -0.05) is 49.7 Å². The van der Waals surface area contributed by atoms with E-state index in [0.29, 0.717) is 0 Å². The lowest BCUT2D eigenvalue weighted by atomic mass is 9.84. The van der Waals surface area contributed by atoms with Crippen molar-refractivity contribution in [2.45, 2.75) is 32.6 Å². The van der Waals surface area contributed by atoms with Crippen LogP contribution in [0.2, 0.25) is 0 Å². The first kappa shape index (κ1) is 21.4. The molecule has 0 spiro atoms. The average Bonchev–Trinajstić information content (AvgIpc) is 2.59. The zero-order chi connectivity index (χ0) is 17.4. The molecule has 0 aliphatic heterocycles. The van der Waals surface area contributed by atoms with E-state index in [1.54, 1.807) is 7.05 Å². The van der Waals surface area contributed by atoms with Gasteiger partial charge in [0.05, 0.1) is 0 Å². The number of benzene rings is 1. The van der Waals surface area contributed by atoms with Crippen LogP contribution in [0.25, 0.3) is 0 Å². The van der Waals surface area contributed by atoms with E-state index in [1.165, 1.54) is 11.1 Å². The number of guanidine groups is 1. The molecule has 136 valence electrons. The molecule has 0 radical (unpaired) electrons. The topological polar surface area (TPSA) is 49.3 Å². The van der Waals surface area contributed by atoms with Gasteiger partial charge < -0.3 is 10.6 Å². The second kappa shape index (κ2) is 10.4. The number of rotatable bonds is 6. The molecule has 0 fully saturated rings. The lowest BCUT2D eigenvalue weighted by Crippen LogP contribution is -2.44. The van der Waals surface area contributed by atoms with Gasteiger partial charge in [0.2, 0.25) is 0 Å². The third kappa shape index (κ3) is 7.02. The lowest BCUT2D eigenvalue weighted by molar-refractivity contribution is 0.508. The predicted octanol–water partition coefficient (Wildman–Crippen LogP) is 3.69. The number of halogens is 1. The highest BCUT2D eigenvalue weighted by Gasteiger charge is 2.20. The van der Waals surface area contributed by atoms with Crippen molar-refractivity contribution < 1.29 is 0 Å². The molecule has 2 rings (SSSR count). The van der Waals surface area contributed by atoms with Crippen LogP contribution in [0.1, 0.15) is 30.7 Å². The molecule has 0 saturated carbocycles. The Labute approximate surface area is 168 Å². The summed E-state index contributed by atoms with van der Waals surface area (Å²) in [4.78, 5) is 8.64. The fourth-order valence-corrected chi connectivity index (χ4v) is 2.49. The summed E-state index contributed by atoms with van der Waals surface area (Å²) in [6, 6.07) is 14.7. The Morgan fingerprint density at radius 1 is 1.08 bits per heavy atom. The van der Waals surface area contributed by atoms with E-state index in [2.05, 4.69) is 65.6 Å². The number of aliphatic imine (C=N–C) groups is 1. The van der Waals surface area contributed by atoms with Crippen molar-refractivity contribution in [3.05, 3.63) is 65.5 Å². The minimum Gasteiger partial charge on any atom is -0.356 e. The van der Waals surface area contributed by atoms with E-state index in [1.807, 2.05) is 24.4 Å². The Morgan fingerprint density at radius 2 is 1.80 bits per heavy atom. The summed E-state index contributed by atoms with van der Waals surface area (Å²) in [5, 5.41) is 6.78. The zero-order valence-electron chi connectivity index (χ0n) is 15.5. The van der Waals surface area contributed by atoms with Crippen molar-refractivity contribution in [1.29, 1.82) is 0 Å². The maximum absolute atomic E-state index is 4.33. The second-order valence-corrected chi connectivity index (χ2v) is 6.67. The number of aromatic nitrogens is 1. The Balaban J connectivity index is 0.00000312. The molecule has 0 saturated heterocycles. The molecule has 2 aromatic rings. The molecule has 2 N–H and O–H groups in total. The van der Waals surface area contributed by atoms with Crippen LogP contribution in [0.5, 0.6) is 0 Å². The van der Waals surface area contributed by atoms with E-state index in [-0.39, 0.29) is 29.4 Å². The van der Waals surface area contributed by atoms with Crippen LogP contribution >= 0.6 is 24.0 Å². The number of pyridine rings is 1. The predicted molar refractivity (Wildman–Crippen MR) is 117 cm³/mol. The van der Waals surface area contributed by atoms with E-state index in [9.17, 15) is 0 Å². The van der Waals surface area contributed by atoms with Gasteiger partial charge in [-0.15, -0.1) is 24.0 Å². The Kier molecular flexibility index (Phi) is 8.89. The first-order valence-corrected chi connectivity index (χ1v) is 8.43. The quantitative estimate of drug-likeness (QED) is 0.399. The monoisotopic (exact) mass is 452 g/mol. The highest BCUT2D eigenvalue weighted by molar-refractivity contribution is 14.0. The van der Waals surface area contributed by atoms with Gasteiger partial charge in [0, 0.05) is 43.9 Å². The Hall–Kier alpha value is -1.63. The highest BCUT2D eigenvalue weighted by Crippen LogP contribution is 2.22. The van der Waals surface area contributed by atoms with Crippen LogP contribution in [0.4, 0.5) is 0 Å². The minimum atomic E-state index is 0.